The molecule has 160 valence electrons. The van der Waals surface area contributed by atoms with Crippen LogP contribution >= 0.6 is 0 Å². The van der Waals surface area contributed by atoms with E-state index in [1.807, 2.05) is 36.7 Å². The van der Waals surface area contributed by atoms with Crippen LogP contribution in [0.4, 0.5) is 0 Å². The molecule has 0 saturated heterocycles. The first kappa shape index (κ1) is 21.7. The molecule has 1 aromatic heterocycles. The summed E-state index contributed by atoms with van der Waals surface area (Å²) in [6.45, 7) is 7.06. The lowest BCUT2D eigenvalue weighted by Crippen LogP contribution is -2.42. The van der Waals surface area contributed by atoms with Crippen LogP contribution in [0, 0.1) is 12.8 Å². The van der Waals surface area contributed by atoms with Crippen molar-refractivity contribution in [1.29, 1.82) is 0 Å². The van der Waals surface area contributed by atoms with E-state index in [-0.39, 0.29) is 12.6 Å². The average molecular weight is 403 g/mol. The van der Waals surface area contributed by atoms with Crippen molar-refractivity contribution < 1.29 is 19.4 Å². The molecule has 6 nitrogen and oxygen atoms in total. The molecule has 0 bridgehead atoms. The van der Waals surface area contributed by atoms with Crippen molar-refractivity contribution in [3.63, 3.8) is 0 Å². The molecule has 6 heteroatoms. The van der Waals surface area contributed by atoms with E-state index in [0.29, 0.717) is 36.4 Å². The van der Waals surface area contributed by atoms with Crippen molar-refractivity contribution in [2.75, 3.05) is 19.8 Å². The highest BCUT2D eigenvalue weighted by molar-refractivity contribution is 6.06. The smallest absolute Gasteiger partial charge is 0.340 e. The van der Waals surface area contributed by atoms with Gasteiger partial charge >= 0.3 is 5.97 Å². The zero-order valence-electron chi connectivity index (χ0n) is 18.0. The van der Waals surface area contributed by atoms with Gasteiger partial charge in [0.1, 0.15) is 18.5 Å². The first-order chi connectivity index (χ1) is 13.9. The molecule has 0 radical (unpaired) electrons. The number of aliphatic hydroxyl groups is 1. The number of aliphatic hydroxyl groups excluding tert-OH is 1. The Kier molecular flexibility index (Phi) is 7.19. The van der Waals surface area contributed by atoms with E-state index in [4.69, 9.17) is 9.47 Å². The first-order valence-corrected chi connectivity index (χ1v) is 10.7. The Morgan fingerprint density at radius 1 is 1.34 bits per heavy atom. The van der Waals surface area contributed by atoms with Crippen LogP contribution in [-0.4, -0.2) is 47.5 Å². The van der Waals surface area contributed by atoms with Gasteiger partial charge in [-0.25, -0.2) is 4.79 Å². The Hall–Kier alpha value is -2.05. The van der Waals surface area contributed by atoms with E-state index in [0.717, 1.165) is 16.6 Å². The topological polar surface area (TPSA) is 72.7 Å². The van der Waals surface area contributed by atoms with Gasteiger partial charge in [-0.1, -0.05) is 19.8 Å². The quantitative estimate of drug-likeness (QED) is 0.661. The van der Waals surface area contributed by atoms with Crippen molar-refractivity contribution in [3.8, 4) is 5.75 Å². The van der Waals surface area contributed by atoms with Crippen LogP contribution in [0.25, 0.3) is 10.9 Å². The number of aromatic nitrogens is 1. The number of ether oxygens (including phenoxy) is 2. The highest BCUT2D eigenvalue weighted by atomic mass is 16.5. The van der Waals surface area contributed by atoms with Crippen molar-refractivity contribution in [2.24, 2.45) is 13.0 Å². The third-order valence-electron chi connectivity index (χ3n) is 6.11. The number of rotatable bonds is 8. The average Bonchev–Trinajstić information content (AvgIpc) is 2.96. The standard InChI is InChI=1S/C23H34N2O4/c1-5-28-23(27)22-16(3)25(4)21-11-10-18(12-19(21)22)29-14-17(26)13-24-20-9-7-6-8-15(20)2/h10-12,15,17,20,24,26H,5-9,13-14H2,1-4H3/t15-,17+,20+/m0/s1. The minimum Gasteiger partial charge on any atom is -0.491 e. The molecule has 1 heterocycles. The fraction of sp³-hybridized carbons (Fsp3) is 0.609. The summed E-state index contributed by atoms with van der Waals surface area (Å²) in [7, 11) is 1.93. The SMILES string of the molecule is CCOC(=O)c1c(C)n(C)c2ccc(OC[C@H](O)CN[C@@H]3CCCC[C@@H]3C)cc12. The molecule has 2 N–H and O–H groups in total. The summed E-state index contributed by atoms with van der Waals surface area (Å²) >= 11 is 0. The lowest BCUT2D eigenvalue weighted by molar-refractivity contribution is 0.0527. The van der Waals surface area contributed by atoms with Crippen LogP contribution < -0.4 is 10.1 Å². The third kappa shape index (κ3) is 4.93. The van der Waals surface area contributed by atoms with Gasteiger partial charge in [-0.2, -0.15) is 0 Å². The molecule has 0 aliphatic heterocycles. The van der Waals surface area contributed by atoms with E-state index < -0.39 is 6.10 Å². The predicted octanol–water partition coefficient (Wildman–Crippen LogP) is 3.57. The molecular weight excluding hydrogens is 368 g/mol. The van der Waals surface area contributed by atoms with Crippen LogP contribution in [0.5, 0.6) is 5.75 Å². The zero-order valence-corrected chi connectivity index (χ0v) is 18.0. The third-order valence-corrected chi connectivity index (χ3v) is 6.11. The predicted molar refractivity (Wildman–Crippen MR) is 115 cm³/mol. The highest BCUT2D eigenvalue weighted by Gasteiger charge is 2.22. The number of fused-ring (bicyclic) bond motifs is 1. The monoisotopic (exact) mass is 402 g/mol. The summed E-state index contributed by atoms with van der Waals surface area (Å²) in [6.07, 6.45) is 4.41. The lowest BCUT2D eigenvalue weighted by atomic mass is 9.86. The molecule has 0 unspecified atom stereocenters. The van der Waals surface area contributed by atoms with Gasteiger partial charge < -0.3 is 24.5 Å². The van der Waals surface area contributed by atoms with Gasteiger partial charge in [0.25, 0.3) is 0 Å². The van der Waals surface area contributed by atoms with E-state index in [1.165, 1.54) is 25.7 Å². The fourth-order valence-electron chi connectivity index (χ4n) is 4.26. The number of hydrogen-bond acceptors (Lipinski definition) is 5. The van der Waals surface area contributed by atoms with Crippen LogP contribution in [0.3, 0.4) is 0 Å². The first-order valence-electron chi connectivity index (χ1n) is 10.7. The van der Waals surface area contributed by atoms with Gasteiger partial charge in [-0.3, -0.25) is 0 Å². The molecule has 1 aliphatic rings. The summed E-state index contributed by atoms with van der Waals surface area (Å²) in [5, 5.41) is 14.6. The maximum Gasteiger partial charge on any atom is 0.340 e. The van der Waals surface area contributed by atoms with Gasteiger partial charge in [0.05, 0.1) is 12.2 Å². The number of carbonyl (C=O) groups is 1. The Balaban J connectivity index is 1.64. The van der Waals surface area contributed by atoms with E-state index in [9.17, 15) is 9.90 Å². The van der Waals surface area contributed by atoms with Crippen LogP contribution in [0.15, 0.2) is 18.2 Å². The van der Waals surface area contributed by atoms with E-state index in [2.05, 4.69) is 12.2 Å². The summed E-state index contributed by atoms with van der Waals surface area (Å²) in [5.41, 5.74) is 2.39. The van der Waals surface area contributed by atoms with Crippen molar-refractivity contribution in [2.45, 2.75) is 58.6 Å². The molecule has 1 aliphatic carbocycles. The summed E-state index contributed by atoms with van der Waals surface area (Å²) in [4.78, 5) is 12.4. The number of benzene rings is 1. The Bertz CT molecular complexity index is 845. The Morgan fingerprint density at radius 3 is 2.83 bits per heavy atom. The van der Waals surface area contributed by atoms with Crippen LogP contribution in [0.1, 0.15) is 55.6 Å². The second-order valence-corrected chi connectivity index (χ2v) is 8.16. The number of carbonyl (C=O) groups excluding carboxylic acids is 1. The zero-order chi connectivity index (χ0) is 21.0. The second kappa shape index (κ2) is 9.63. The molecule has 3 rings (SSSR count). The Labute approximate surface area is 173 Å². The number of aryl methyl sites for hydroxylation is 1. The fourth-order valence-corrected chi connectivity index (χ4v) is 4.26. The van der Waals surface area contributed by atoms with Crippen molar-refractivity contribution in [3.05, 3.63) is 29.5 Å². The van der Waals surface area contributed by atoms with Gasteiger partial charge in [0, 0.05) is 36.2 Å². The van der Waals surface area contributed by atoms with Crippen molar-refractivity contribution in [1.82, 2.24) is 9.88 Å². The summed E-state index contributed by atoms with van der Waals surface area (Å²) in [6, 6.07) is 6.15. The van der Waals surface area contributed by atoms with Gasteiger partial charge in [-0.15, -0.1) is 0 Å². The Morgan fingerprint density at radius 2 is 2.10 bits per heavy atom. The largest absolute Gasteiger partial charge is 0.491 e. The molecule has 29 heavy (non-hydrogen) atoms. The molecule has 1 aromatic carbocycles. The molecule has 1 saturated carbocycles. The molecule has 0 amide bonds. The normalized spacial score (nSPS) is 20.6. The van der Waals surface area contributed by atoms with Gasteiger partial charge in [-0.05, 0) is 50.8 Å². The number of nitrogens with one attached hydrogen (secondary N) is 1. The molecule has 0 spiro atoms. The minimum atomic E-state index is -0.582. The maximum atomic E-state index is 12.4. The molecular formula is C23H34N2O4. The number of hydrogen-bond donors (Lipinski definition) is 2. The lowest BCUT2D eigenvalue weighted by Gasteiger charge is -2.30. The summed E-state index contributed by atoms with van der Waals surface area (Å²) in [5.74, 6) is 0.971. The highest BCUT2D eigenvalue weighted by Crippen LogP contribution is 2.29. The van der Waals surface area contributed by atoms with Gasteiger partial charge in [0.2, 0.25) is 0 Å². The second-order valence-electron chi connectivity index (χ2n) is 8.16. The molecule has 1 fully saturated rings. The van der Waals surface area contributed by atoms with Gasteiger partial charge in [0.15, 0.2) is 0 Å². The van der Waals surface area contributed by atoms with E-state index in [1.54, 1.807) is 6.92 Å². The van der Waals surface area contributed by atoms with Crippen molar-refractivity contribution >= 4 is 16.9 Å². The number of esters is 1. The number of nitrogens with zero attached hydrogens (tertiary/aromatic N) is 1. The molecule has 3 atom stereocenters. The molecule has 2 aromatic rings. The summed E-state index contributed by atoms with van der Waals surface area (Å²) < 4.78 is 13.0. The van der Waals surface area contributed by atoms with E-state index >= 15 is 0 Å². The maximum absolute atomic E-state index is 12.4. The van der Waals surface area contributed by atoms with Crippen LogP contribution in [-0.2, 0) is 11.8 Å². The van der Waals surface area contributed by atoms with Crippen LogP contribution in [0.2, 0.25) is 0 Å². The minimum absolute atomic E-state index is 0.208.